The summed E-state index contributed by atoms with van der Waals surface area (Å²) < 4.78 is 1.84. The van der Waals surface area contributed by atoms with Gasteiger partial charge in [0.1, 0.15) is 0 Å². The molecule has 0 heterocycles. The van der Waals surface area contributed by atoms with Crippen molar-refractivity contribution >= 4 is 43.5 Å². The lowest BCUT2D eigenvalue weighted by atomic mass is 10.1. The van der Waals surface area contributed by atoms with Crippen molar-refractivity contribution in [1.82, 2.24) is 4.90 Å². The lowest BCUT2D eigenvalue weighted by molar-refractivity contribution is 0.0786. The molecule has 2 aromatic rings. The molecule has 0 fully saturated rings. The zero-order valence-electron chi connectivity index (χ0n) is 10.9. The predicted octanol–water partition coefficient (Wildman–Crippen LogP) is 4.07. The minimum absolute atomic E-state index is 0.0937. The summed E-state index contributed by atoms with van der Waals surface area (Å²) >= 11 is 6.78. The third-order valence-corrected chi connectivity index (χ3v) is 3.89. The number of benzene rings is 2. The van der Waals surface area contributed by atoms with E-state index in [2.05, 4.69) is 31.9 Å². The van der Waals surface area contributed by atoms with Crippen LogP contribution in [0, 0.1) is 0 Å². The molecule has 0 spiro atoms. The Hall–Kier alpha value is -1.33. The van der Waals surface area contributed by atoms with Gasteiger partial charge in [0.2, 0.25) is 0 Å². The van der Waals surface area contributed by atoms with Crippen molar-refractivity contribution < 1.29 is 4.79 Å². The van der Waals surface area contributed by atoms with Crippen molar-refractivity contribution in [3.63, 3.8) is 0 Å². The summed E-state index contributed by atoms with van der Waals surface area (Å²) in [5.41, 5.74) is 7.93. The summed E-state index contributed by atoms with van der Waals surface area (Å²) in [6, 6.07) is 13.2. The second-order valence-electron chi connectivity index (χ2n) is 4.52. The quantitative estimate of drug-likeness (QED) is 0.793. The highest BCUT2D eigenvalue weighted by atomic mass is 79.9. The molecule has 0 aromatic heterocycles. The van der Waals surface area contributed by atoms with Gasteiger partial charge in [0, 0.05) is 28.2 Å². The molecule has 2 rings (SSSR count). The van der Waals surface area contributed by atoms with E-state index in [1.54, 1.807) is 24.1 Å². The number of carbonyl (C=O) groups is 1. The van der Waals surface area contributed by atoms with Gasteiger partial charge in [-0.1, -0.05) is 44.0 Å². The molecular weight excluding hydrogens is 384 g/mol. The second-order valence-corrected chi connectivity index (χ2v) is 6.35. The fourth-order valence-corrected chi connectivity index (χ4v) is 2.71. The Morgan fingerprint density at radius 2 is 1.85 bits per heavy atom. The highest BCUT2D eigenvalue weighted by molar-refractivity contribution is 9.10. The minimum atomic E-state index is -0.0937. The maximum atomic E-state index is 12.4. The van der Waals surface area contributed by atoms with Crippen molar-refractivity contribution in [1.29, 1.82) is 0 Å². The summed E-state index contributed by atoms with van der Waals surface area (Å²) in [7, 11) is 1.77. The molecule has 104 valence electrons. The minimum Gasteiger partial charge on any atom is -0.398 e. The van der Waals surface area contributed by atoms with Gasteiger partial charge >= 0.3 is 0 Å². The Bertz CT molecular complexity index is 644. The molecule has 0 atom stereocenters. The summed E-state index contributed by atoms with van der Waals surface area (Å²) in [6.45, 7) is 0.532. The van der Waals surface area contributed by atoms with E-state index < -0.39 is 0 Å². The third kappa shape index (κ3) is 3.61. The highest BCUT2D eigenvalue weighted by Gasteiger charge is 2.15. The Kier molecular flexibility index (Phi) is 4.83. The monoisotopic (exact) mass is 396 g/mol. The number of nitrogen functional groups attached to an aromatic ring is 1. The molecule has 0 bridgehead atoms. The van der Waals surface area contributed by atoms with Crippen LogP contribution in [-0.2, 0) is 6.54 Å². The molecule has 0 aliphatic carbocycles. The van der Waals surface area contributed by atoms with Crippen molar-refractivity contribution in [2.24, 2.45) is 0 Å². The topological polar surface area (TPSA) is 46.3 Å². The van der Waals surface area contributed by atoms with E-state index in [1.165, 1.54) is 0 Å². The van der Waals surface area contributed by atoms with E-state index in [1.807, 2.05) is 30.3 Å². The molecule has 0 aliphatic heterocycles. The van der Waals surface area contributed by atoms with Crippen LogP contribution in [-0.4, -0.2) is 17.9 Å². The Morgan fingerprint density at radius 3 is 2.55 bits per heavy atom. The zero-order valence-corrected chi connectivity index (χ0v) is 14.1. The van der Waals surface area contributed by atoms with Gasteiger partial charge < -0.3 is 10.6 Å². The first-order valence-electron chi connectivity index (χ1n) is 6.02. The van der Waals surface area contributed by atoms with Crippen LogP contribution in [0.3, 0.4) is 0 Å². The molecular formula is C15H14Br2N2O. The van der Waals surface area contributed by atoms with Gasteiger partial charge in [0.05, 0.1) is 5.56 Å². The van der Waals surface area contributed by atoms with E-state index >= 15 is 0 Å². The smallest absolute Gasteiger partial charge is 0.256 e. The number of rotatable bonds is 3. The van der Waals surface area contributed by atoms with Gasteiger partial charge in [-0.3, -0.25) is 4.79 Å². The Labute approximate surface area is 135 Å². The molecule has 2 aromatic carbocycles. The number of amides is 1. The van der Waals surface area contributed by atoms with Gasteiger partial charge in [0.25, 0.3) is 5.91 Å². The fourth-order valence-electron chi connectivity index (χ4n) is 1.90. The second kappa shape index (κ2) is 6.41. The first-order valence-corrected chi connectivity index (χ1v) is 7.61. The van der Waals surface area contributed by atoms with E-state index in [-0.39, 0.29) is 5.91 Å². The number of carbonyl (C=O) groups excluding carboxylic acids is 1. The number of halogens is 2. The average Bonchev–Trinajstić information content (AvgIpc) is 2.40. The molecule has 0 aliphatic rings. The number of nitrogens with zero attached hydrogens (tertiary/aromatic N) is 1. The molecule has 0 saturated heterocycles. The maximum Gasteiger partial charge on any atom is 0.256 e. The predicted molar refractivity (Wildman–Crippen MR) is 88.5 cm³/mol. The first kappa shape index (κ1) is 15.1. The fraction of sp³-hybridized carbons (Fsp3) is 0.133. The van der Waals surface area contributed by atoms with Gasteiger partial charge in [-0.15, -0.1) is 0 Å². The number of nitrogens with two attached hydrogens (primary N) is 1. The molecule has 5 heteroatoms. The first-order chi connectivity index (χ1) is 9.47. The summed E-state index contributed by atoms with van der Waals surface area (Å²) in [5.74, 6) is -0.0937. The van der Waals surface area contributed by atoms with Crippen LogP contribution in [0.2, 0.25) is 0 Å². The Balaban J connectivity index is 2.18. The molecule has 1 amide bonds. The van der Waals surface area contributed by atoms with Crippen LogP contribution in [0.4, 0.5) is 5.69 Å². The van der Waals surface area contributed by atoms with E-state index in [9.17, 15) is 4.79 Å². The summed E-state index contributed by atoms with van der Waals surface area (Å²) in [4.78, 5) is 14.1. The van der Waals surface area contributed by atoms with Crippen LogP contribution in [0.5, 0.6) is 0 Å². The normalized spacial score (nSPS) is 10.3. The number of anilines is 1. The molecule has 2 N–H and O–H groups in total. The highest BCUT2D eigenvalue weighted by Crippen LogP contribution is 2.21. The third-order valence-electron chi connectivity index (χ3n) is 2.90. The Morgan fingerprint density at radius 1 is 1.15 bits per heavy atom. The van der Waals surface area contributed by atoms with Crippen LogP contribution >= 0.6 is 31.9 Å². The van der Waals surface area contributed by atoms with Gasteiger partial charge in [-0.25, -0.2) is 0 Å². The van der Waals surface area contributed by atoms with Crippen LogP contribution in [0.1, 0.15) is 15.9 Å². The van der Waals surface area contributed by atoms with Crippen LogP contribution in [0.25, 0.3) is 0 Å². The van der Waals surface area contributed by atoms with Crippen molar-refractivity contribution in [3.8, 4) is 0 Å². The summed E-state index contributed by atoms with van der Waals surface area (Å²) in [6.07, 6.45) is 0. The van der Waals surface area contributed by atoms with Crippen LogP contribution in [0.15, 0.2) is 51.4 Å². The average molecular weight is 398 g/mol. The number of hydrogen-bond acceptors (Lipinski definition) is 2. The van der Waals surface area contributed by atoms with Gasteiger partial charge in [0.15, 0.2) is 0 Å². The molecule has 0 saturated carbocycles. The molecule has 3 nitrogen and oxygen atoms in total. The summed E-state index contributed by atoms with van der Waals surface area (Å²) in [5, 5.41) is 0. The zero-order chi connectivity index (χ0) is 14.7. The van der Waals surface area contributed by atoms with Gasteiger partial charge in [-0.05, 0) is 35.9 Å². The lowest BCUT2D eigenvalue weighted by Crippen LogP contribution is -2.27. The SMILES string of the molecule is CN(Cc1cccc(Br)c1)C(=O)c1cc(Br)ccc1N. The van der Waals surface area contributed by atoms with Crippen LogP contribution < -0.4 is 5.73 Å². The number of hydrogen-bond donors (Lipinski definition) is 1. The van der Waals surface area contributed by atoms with Crippen molar-refractivity contribution in [2.45, 2.75) is 6.54 Å². The molecule has 0 radical (unpaired) electrons. The van der Waals surface area contributed by atoms with E-state index in [0.717, 1.165) is 14.5 Å². The largest absolute Gasteiger partial charge is 0.398 e. The molecule has 0 unspecified atom stereocenters. The van der Waals surface area contributed by atoms with E-state index in [0.29, 0.717) is 17.8 Å². The molecule has 20 heavy (non-hydrogen) atoms. The van der Waals surface area contributed by atoms with E-state index in [4.69, 9.17) is 5.73 Å². The standard InChI is InChI=1S/C15H14Br2N2O/c1-19(9-10-3-2-4-11(16)7-10)15(20)13-8-12(17)5-6-14(13)18/h2-8H,9,18H2,1H3. The lowest BCUT2D eigenvalue weighted by Gasteiger charge is -2.18. The van der Waals surface area contributed by atoms with Crippen molar-refractivity contribution in [2.75, 3.05) is 12.8 Å². The van der Waals surface area contributed by atoms with Crippen molar-refractivity contribution in [3.05, 3.63) is 62.5 Å². The maximum absolute atomic E-state index is 12.4. The van der Waals surface area contributed by atoms with Gasteiger partial charge in [-0.2, -0.15) is 0 Å².